The monoisotopic (exact) mass is 456 g/mol. The first-order chi connectivity index (χ1) is 16.1. The van der Waals surface area contributed by atoms with E-state index in [2.05, 4.69) is 62.4 Å². The Balaban J connectivity index is 1.41. The number of aryl methyl sites for hydroxylation is 2. The number of amides is 1. The maximum absolute atomic E-state index is 13.5. The number of hydrogen-bond acceptors (Lipinski definition) is 4. The van der Waals surface area contributed by atoms with E-state index >= 15 is 0 Å². The predicted octanol–water partition coefficient (Wildman–Crippen LogP) is 6.33. The molecule has 168 valence electrons. The fraction of sp³-hybridized carbons (Fsp3) is 0.286. The third-order valence-electron chi connectivity index (χ3n) is 6.29. The van der Waals surface area contributed by atoms with Crippen LogP contribution in [0.3, 0.4) is 0 Å². The molecule has 5 rings (SSSR count). The van der Waals surface area contributed by atoms with Crippen molar-refractivity contribution in [2.75, 3.05) is 18.1 Å². The van der Waals surface area contributed by atoms with E-state index in [1.807, 2.05) is 23.1 Å². The number of carbonyl (C=O) groups is 1. The highest BCUT2D eigenvalue weighted by Gasteiger charge is 2.26. The number of rotatable bonds is 6. The van der Waals surface area contributed by atoms with E-state index in [1.165, 1.54) is 11.1 Å². The van der Waals surface area contributed by atoms with Crippen molar-refractivity contribution < 1.29 is 9.53 Å². The summed E-state index contributed by atoms with van der Waals surface area (Å²) in [5.74, 6) is 0.0623. The van der Waals surface area contributed by atoms with Crippen LogP contribution in [-0.2, 0) is 16.0 Å². The quantitative estimate of drug-likeness (QED) is 0.340. The lowest BCUT2D eigenvalue weighted by Gasteiger charge is -2.23. The van der Waals surface area contributed by atoms with Crippen LogP contribution in [0.1, 0.15) is 29.5 Å². The molecule has 1 aliphatic rings. The van der Waals surface area contributed by atoms with Gasteiger partial charge in [0.15, 0.2) is 5.13 Å². The van der Waals surface area contributed by atoms with Gasteiger partial charge in [0.1, 0.15) is 0 Å². The Hall–Kier alpha value is -3.02. The van der Waals surface area contributed by atoms with Crippen molar-refractivity contribution in [2.45, 2.75) is 39.2 Å². The largest absolute Gasteiger partial charge is 0.376 e. The number of ether oxygens (including phenoxy) is 1. The summed E-state index contributed by atoms with van der Waals surface area (Å²) in [6.07, 6.45) is 2.45. The van der Waals surface area contributed by atoms with Crippen molar-refractivity contribution >= 4 is 32.6 Å². The smallest absolute Gasteiger partial charge is 0.233 e. The Kier molecular flexibility index (Phi) is 6.25. The molecule has 0 saturated carbocycles. The Morgan fingerprint density at radius 3 is 2.42 bits per heavy atom. The van der Waals surface area contributed by atoms with E-state index in [0.717, 1.165) is 51.5 Å². The lowest BCUT2D eigenvalue weighted by molar-refractivity contribution is -0.118. The van der Waals surface area contributed by atoms with Gasteiger partial charge in [0.25, 0.3) is 0 Å². The molecule has 0 N–H and O–H groups in total. The molecule has 0 spiro atoms. The van der Waals surface area contributed by atoms with Gasteiger partial charge in [-0.25, -0.2) is 4.98 Å². The summed E-state index contributed by atoms with van der Waals surface area (Å²) in [4.78, 5) is 20.3. The Labute approximate surface area is 198 Å². The highest BCUT2D eigenvalue weighted by atomic mass is 32.1. The van der Waals surface area contributed by atoms with Gasteiger partial charge in [-0.05, 0) is 54.5 Å². The van der Waals surface area contributed by atoms with E-state index in [0.29, 0.717) is 13.0 Å². The molecule has 2 heterocycles. The van der Waals surface area contributed by atoms with Crippen LogP contribution in [0.25, 0.3) is 21.3 Å². The Bertz CT molecular complexity index is 1220. The van der Waals surface area contributed by atoms with Crippen LogP contribution in [0.15, 0.2) is 66.7 Å². The first-order valence-electron chi connectivity index (χ1n) is 11.5. The van der Waals surface area contributed by atoms with E-state index in [4.69, 9.17) is 9.72 Å². The zero-order valence-corrected chi connectivity index (χ0v) is 19.9. The van der Waals surface area contributed by atoms with Crippen molar-refractivity contribution in [3.8, 4) is 11.1 Å². The predicted molar refractivity (Wildman–Crippen MR) is 136 cm³/mol. The van der Waals surface area contributed by atoms with Crippen molar-refractivity contribution in [1.29, 1.82) is 0 Å². The summed E-state index contributed by atoms with van der Waals surface area (Å²) in [6.45, 7) is 5.50. The van der Waals surface area contributed by atoms with Crippen molar-refractivity contribution in [2.24, 2.45) is 0 Å². The van der Waals surface area contributed by atoms with Crippen LogP contribution in [0, 0.1) is 13.8 Å². The minimum Gasteiger partial charge on any atom is -0.376 e. The number of fused-ring (bicyclic) bond motifs is 1. The van der Waals surface area contributed by atoms with Crippen LogP contribution in [0.2, 0.25) is 0 Å². The molecular weight excluding hydrogens is 428 g/mol. The third-order valence-corrected chi connectivity index (χ3v) is 7.50. The molecule has 1 amide bonds. The molecule has 1 saturated heterocycles. The van der Waals surface area contributed by atoms with Crippen LogP contribution >= 0.6 is 11.3 Å². The molecule has 5 heteroatoms. The fourth-order valence-electron chi connectivity index (χ4n) is 4.36. The first kappa shape index (κ1) is 21.8. The summed E-state index contributed by atoms with van der Waals surface area (Å²) in [5.41, 5.74) is 6.66. The highest BCUT2D eigenvalue weighted by Crippen LogP contribution is 2.34. The van der Waals surface area contributed by atoms with E-state index in [-0.39, 0.29) is 12.0 Å². The minimum absolute atomic E-state index is 0.0623. The number of thiazole rings is 1. The summed E-state index contributed by atoms with van der Waals surface area (Å²) in [7, 11) is 0. The van der Waals surface area contributed by atoms with Gasteiger partial charge in [-0.15, -0.1) is 0 Å². The SMILES string of the molecule is Cc1ccc(C)c2sc(N(CC3CCCO3)C(=O)Cc3ccc(-c4ccccc4)cc3)nc12. The van der Waals surface area contributed by atoms with Gasteiger partial charge in [-0.2, -0.15) is 0 Å². The van der Waals surface area contributed by atoms with Crippen LogP contribution in [-0.4, -0.2) is 30.1 Å². The number of carbonyl (C=O) groups excluding carboxylic acids is 1. The van der Waals surface area contributed by atoms with Gasteiger partial charge < -0.3 is 4.74 Å². The lowest BCUT2D eigenvalue weighted by Crippen LogP contribution is -2.38. The highest BCUT2D eigenvalue weighted by molar-refractivity contribution is 7.22. The Morgan fingerprint density at radius 2 is 1.73 bits per heavy atom. The van der Waals surface area contributed by atoms with Gasteiger partial charge in [0.05, 0.1) is 29.3 Å². The molecule has 3 aromatic carbocycles. The van der Waals surface area contributed by atoms with Gasteiger partial charge in [-0.3, -0.25) is 9.69 Å². The van der Waals surface area contributed by atoms with Gasteiger partial charge in [0.2, 0.25) is 5.91 Å². The van der Waals surface area contributed by atoms with Gasteiger partial charge in [0, 0.05) is 6.61 Å². The summed E-state index contributed by atoms with van der Waals surface area (Å²) in [5, 5.41) is 0.767. The second kappa shape index (κ2) is 9.46. The molecular formula is C28H28N2O2S. The zero-order valence-electron chi connectivity index (χ0n) is 19.1. The maximum atomic E-state index is 13.5. The van der Waals surface area contributed by atoms with Crippen LogP contribution in [0.5, 0.6) is 0 Å². The molecule has 33 heavy (non-hydrogen) atoms. The van der Waals surface area contributed by atoms with Crippen LogP contribution in [0.4, 0.5) is 5.13 Å². The number of benzene rings is 3. The molecule has 1 fully saturated rings. The van der Waals surface area contributed by atoms with Crippen molar-refractivity contribution in [3.63, 3.8) is 0 Å². The maximum Gasteiger partial charge on any atom is 0.233 e. The summed E-state index contributed by atoms with van der Waals surface area (Å²) < 4.78 is 7.03. The summed E-state index contributed by atoms with van der Waals surface area (Å²) in [6, 6.07) is 22.8. The minimum atomic E-state index is 0.0623. The topological polar surface area (TPSA) is 42.4 Å². The molecule has 0 bridgehead atoms. The number of aromatic nitrogens is 1. The van der Waals surface area contributed by atoms with Crippen molar-refractivity contribution in [1.82, 2.24) is 4.98 Å². The molecule has 0 radical (unpaired) electrons. The Morgan fingerprint density at radius 1 is 1.00 bits per heavy atom. The van der Waals surface area contributed by atoms with Crippen molar-refractivity contribution in [3.05, 3.63) is 83.4 Å². The average molecular weight is 457 g/mol. The standard InChI is InChI=1S/C28H28N2O2S/c1-19-10-11-20(2)27-26(19)29-28(33-27)30(18-24-9-6-16-32-24)25(31)17-21-12-14-23(15-13-21)22-7-4-3-5-8-22/h3-5,7-8,10-15,24H,6,9,16-18H2,1-2H3. The second-order valence-corrected chi connectivity index (χ2v) is 9.73. The normalized spacial score (nSPS) is 15.8. The van der Waals surface area contributed by atoms with E-state index < -0.39 is 0 Å². The molecule has 1 atom stereocenters. The molecule has 1 aliphatic heterocycles. The summed E-state index contributed by atoms with van der Waals surface area (Å²) >= 11 is 1.61. The number of anilines is 1. The third kappa shape index (κ3) is 4.70. The molecule has 4 aromatic rings. The van der Waals surface area contributed by atoms with Crippen LogP contribution < -0.4 is 4.90 Å². The number of nitrogens with zero attached hydrogens (tertiary/aromatic N) is 2. The molecule has 1 aromatic heterocycles. The average Bonchev–Trinajstić information content (AvgIpc) is 3.52. The van der Waals surface area contributed by atoms with E-state index in [1.54, 1.807) is 11.3 Å². The first-order valence-corrected chi connectivity index (χ1v) is 12.3. The zero-order chi connectivity index (χ0) is 22.8. The second-order valence-electron chi connectivity index (χ2n) is 8.75. The van der Waals surface area contributed by atoms with Gasteiger partial charge in [-0.1, -0.05) is 78.1 Å². The number of hydrogen-bond donors (Lipinski definition) is 0. The van der Waals surface area contributed by atoms with Gasteiger partial charge >= 0.3 is 0 Å². The molecule has 0 aliphatic carbocycles. The molecule has 1 unspecified atom stereocenters. The fourth-order valence-corrected chi connectivity index (χ4v) is 5.50. The van der Waals surface area contributed by atoms with E-state index in [9.17, 15) is 4.79 Å². The molecule has 4 nitrogen and oxygen atoms in total. The lowest BCUT2D eigenvalue weighted by atomic mass is 10.0.